The van der Waals surface area contributed by atoms with Crippen LogP contribution in [0.5, 0.6) is 0 Å². The molecule has 16 heavy (non-hydrogen) atoms. The molecule has 0 aliphatic carbocycles. The Morgan fingerprint density at radius 3 is 2.50 bits per heavy atom. The average molecular weight is 218 g/mol. The molecule has 0 bridgehead atoms. The monoisotopic (exact) mass is 218 g/mol. The molecule has 0 heterocycles. The van der Waals surface area contributed by atoms with Crippen molar-refractivity contribution in [2.45, 2.75) is 33.0 Å². The van der Waals surface area contributed by atoms with Crippen LogP contribution in [-0.2, 0) is 11.3 Å². The van der Waals surface area contributed by atoms with E-state index in [4.69, 9.17) is 9.84 Å². The third kappa shape index (κ3) is 4.97. The molecule has 0 spiro atoms. The van der Waals surface area contributed by atoms with Crippen LogP contribution < -0.4 is 0 Å². The fraction of sp³-hybridized carbons (Fsp3) is 0.429. The van der Waals surface area contributed by atoms with Gasteiger partial charge in [-0.1, -0.05) is 24.0 Å². The van der Waals surface area contributed by atoms with E-state index in [0.29, 0.717) is 13.0 Å². The lowest BCUT2D eigenvalue weighted by Crippen LogP contribution is -2.01. The number of aliphatic hydroxyl groups excluding tert-OH is 1. The van der Waals surface area contributed by atoms with Gasteiger partial charge in [-0.15, -0.1) is 0 Å². The second kappa shape index (κ2) is 7.05. The van der Waals surface area contributed by atoms with Crippen molar-refractivity contribution >= 4 is 0 Å². The zero-order chi connectivity index (χ0) is 11.8. The maximum Gasteiger partial charge on any atom is 0.0720 e. The molecule has 1 aromatic rings. The number of hydrogen-bond donors (Lipinski definition) is 1. The molecule has 0 radical (unpaired) electrons. The molecule has 0 aliphatic heterocycles. The van der Waals surface area contributed by atoms with E-state index in [-0.39, 0.29) is 12.7 Å². The lowest BCUT2D eigenvalue weighted by Gasteiger charge is -2.07. The predicted molar refractivity (Wildman–Crippen MR) is 64.9 cm³/mol. The number of hydrogen-bond acceptors (Lipinski definition) is 2. The van der Waals surface area contributed by atoms with E-state index in [9.17, 15) is 0 Å². The van der Waals surface area contributed by atoms with Crippen molar-refractivity contribution in [3.05, 3.63) is 35.4 Å². The number of rotatable bonds is 4. The summed E-state index contributed by atoms with van der Waals surface area (Å²) in [6.45, 7) is 4.80. The van der Waals surface area contributed by atoms with Crippen molar-refractivity contribution in [2.75, 3.05) is 6.61 Å². The summed E-state index contributed by atoms with van der Waals surface area (Å²) in [5.74, 6) is 5.88. The molecule has 2 heteroatoms. The van der Waals surface area contributed by atoms with Gasteiger partial charge in [0.15, 0.2) is 0 Å². The Morgan fingerprint density at radius 1 is 1.25 bits per heavy atom. The molecular formula is C14H18O2. The van der Waals surface area contributed by atoms with E-state index >= 15 is 0 Å². The van der Waals surface area contributed by atoms with Crippen LogP contribution in [0.25, 0.3) is 0 Å². The van der Waals surface area contributed by atoms with Gasteiger partial charge in [0.05, 0.1) is 19.3 Å². The minimum absolute atomic E-state index is 0.118. The molecular weight excluding hydrogens is 200 g/mol. The van der Waals surface area contributed by atoms with E-state index in [2.05, 4.69) is 11.8 Å². The van der Waals surface area contributed by atoms with Gasteiger partial charge >= 0.3 is 0 Å². The second-order valence-electron chi connectivity index (χ2n) is 3.83. The highest BCUT2D eigenvalue weighted by molar-refractivity contribution is 5.35. The third-order valence-corrected chi connectivity index (χ3v) is 2.01. The maximum absolute atomic E-state index is 8.59. The van der Waals surface area contributed by atoms with Gasteiger partial charge in [-0.25, -0.2) is 0 Å². The summed E-state index contributed by atoms with van der Waals surface area (Å²) in [4.78, 5) is 0. The summed E-state index contributed by atoms with van der Waals surface area (Å²) in [7, 11) is 0. The summed E-state index contributed by atoms with van der Waals surface area (Å²) >= 11 is 0. The Labute approximate surface area is 97.3 Å². The normalized spacial score (nSPS) is 10.0. The smallest absolute Gasteiger partial charge is 0.0720 e. The van der Waals surface area contributed by atoms with Crippen molar-refractivity contribution < 1.29 is 9.84 Å². The van der Waals surface area contributed by atoms with Crippen molar-refractivity contribution in [3.63, 3.8) is 0 Å². The first-order valence-electron chi connectivity index (χ1n) is 5.52. The first-order valence-corrected chi connectivity index (χ1v) is 5.52. The van der Waals surface area contributed by atoms with E-state index in [1.54, 1.807) is 0 Å². The van der Waals surface area contributed by atoms with Crippen LogP contribution in [-0.4, -0.2) is 17.8 Å². The zero-order valence-corrected chi connectivity index (χ0v) is 9.86. The molecule has 0 fully saturated rings. The molecule has 0 saturated heterocycles. The fourth-order valence-electron chi connectivity index (χ4n) is 1.17. The Bertz CT molecular complexity index is 355. The molecule has 86 valence electrons. The molecule has 1 N–H and O–H groups in total. The molecule has 0 amide bonds. The fourth-order valence-corrected chi connectivity index (χ4v) is 1.17. The lowest BCUT2D eigenvalue weighted by molar-refractivity contribution is 0.0657. The first-order chi connectivity index (χ1) is 7.72. The largest absolute Gasteiger partial charge is 0.395 e. The Hall–Kier alpha value is -1.30. The summed E-state index contributed by atoms with van der Waals surface area (Å²) in [6, 6.07) is 7.99. The number of ether oxygens (including phenoxy) is 1. The van der Waals surface area contributed by atoms with Crippen LogP contribution in [0, 0.1) is 11.8 Å². The summed E-state index contributed by atoms with van der Waals surface area (Å²) in [5.41, 5.74) is 2.13. The van der Waals surface area contributed by atoms with Gasteiger partial charge in [0.1, 0.15) is 0 Å². The average Bonchev–Trinajstić information content (AvgIpc) is 2.28. The van der Waals surface area contributed by atoms with Crippen LogP contribution in [0.2, 0.25) is 0 Å². The minimum Gasteiger partial charge on any atom is -0.395 e. The quantitative estimate of drug-likeness (QED) is 0.786. The van der Waals surface area contributed by atoms with E-state index in [1.165, 1.54) is 0 Å². The van der Waals surface area contributed by atoms with E-state index < -0.39 is 0 Å². The van der Waals surface area contributed by atoms with Crippen LogP contribution in [0.4, 0.5) is 0 Å². The SMILES string of the molecule is CC(C)OCc1ccc(C#CCCO)cc1. The number of aliphatic hydroxyl groups is 1. The summed E-state index contributed by atoms with van der Waals surface area (Å²) < 4.78 is 5.50. The molecule has 0 aromatic heterocycles. The minimum atomic E-state index is 0.118. The maximum atomic E-state index is 8.59. The van der Waals surface area contributed by atoms with Crippen molar-refractivity contribution in [2.24, 2.45) is 0 Å². The zero-order valence-electron chi connectivity index (χ0n) is 9.86. The standard InChI is InChI=1S/C14H18O2/c1-12(2)16-11-14-8-6-13(7-9-14)5-3-4-10-15/h6-9,12,15H,4,10-11H2,1-2H3. The van der Waals surface area contributed by atoms with Gasteiger partial charge in [-0.05, 0) is 31.5 Å². The van der Waals surface area contributed by atoms with Gasteiger partial charge in [-0.2, -0.15) is 0 Å². The molecule has 0 unspecified atom stereocenters. The molecule has 0 atom stereocenters. The summed E-state index contributed by atoms with van der Waals surface area (Å²) in [6.07, 6.45) is 0.780. The van der Waals surface area contributed by atoms with Gasteiger partial charge in [0.2, 0.25) is 0 Å². The topological polar surface area (TPSA) is 29.5 Å². The Morgan fingerprint density at radius 2 is 1.94 bits per heavy atom. The number of benzene rings is 1. The van der Waals surface area contributed by atoms with E-state index in [0.717, 1.165) is 11.1 Å². The molecule has 0 saturated carbocycles. The van der Waals surface area contributed by atoms with Crippen LogP contribution in [0.3, 0.4) is 0 Å². The highest BCUT2D eigenvalue weighted by Gasteiger charge is 1.95. The van der Waals surface area contributed by atoms with Gasteiger partial charge < -0.3 is 9.84 Å². The predicted octanol–water partition coefficient (Wildman–Crippen LogP) is 2.35. The summed E-state index contributed by atoms with van der Waals surface area (Å²) in [5, 5.41) is 8.59. The van der Waals surface area contributed by atoms with Gasteiger partial charge in [0.25, 0.3) is 0 Å². The second-order valence-corrected chi connectivity index (χ2v) is 3.83. The molecule has 1 aromatic carbocycles. The Kier molecular flexibility index (Phi) is 5.63. The van der Waals surface area contributed by atoms with Crippen molar-refractivity contribution in [3.8, 4) is 11.8 Å². The third-order valence-electron chi connectivity index (χ3n) is 2.01. The van der Waals surface area contributed by atoms with Crippen LogP contribution in [0.15, 0.2) is 24.3 Å². The first kappa shape index (κ1) is 12.8. The van der Waals surface area contributed by atoms with Crippen molar-refractivity contribution in [1.29, 1.82) is 0 Å². The Balaban J connectivity index is 2.52. The van der Waals surface area contributed by atoms with Crippen molar-refractivity contribution in [1.82, 2.24) is 0 Å². The van der Waals surface area contributed by atoms with E-state index in [1.807, 2.05) is 38.1 Å². The van der Waals surface area contributed by atoms with Gasteiger partial charge in [-0.3, -0.25) is 0 Å². The van der Waals surface area contributed by atoms with Crippen LogP contribution >= 0.6 is 0 Å². The van der Waals surface area contributed by atoms with Crippen LogP contribution in [0.1, 0.15) is 31.4 Å². The van der Waals surface area contributed by atoms with Gasteiger partial charge in [0, 0.05) is 12.0 Å². The highest BCUT2D eigenvalue weighted by atomic mass is 16.5. The molecule has 1 rings (SSSR count). The molecule has 0 aliphatic rings. The highest BCUT2D eigenvalue weighted by Crippen LogP contribution is 2.06. The lowest BCUT2D eigenvalue weighted by atomic mass is 10.1. The molecule has 2 nitrogen and oxygen atoms in total.